The number of hydrogen-bond donors (Lipinski definition) is 0. The van der Waals surface area contributed by atoms with Crippen LogP contribution in [0.4, 0.5) is 0 Å². The molecule has 18 heavy (non-hydrogen) atoms. The maximum absolute atomic E-state index is 11.9. The minimum atomic E-state index is -3.05. The monoisotopic (exact) mass is 282 g/mol. The normalized spacial score (nSPS) is 48.8. The fraction of sp³-hybridized carbons (Fsp3) is 1.00. The lowest BCUT2D eigenvalue weighted by Gasteiger charge is -2.47. The van der Waals surface area contributed by atoms with Crippen molar-refractivity contribution in [2.24, 2.45) is 0 Å². The summed E-state index contributed by atoms with van der Waals surface area (Å²) in [5.74, 6) is 0. The van der Waals surface area contributed by atoms with E-state index in [4.69, 9.17) is 28.0 Å². The Hall–Kier alpha value is -0.0100. The van der Waals surface area contributed by atoms with Gasteiger partial charge in [-0.3, -0.25) is 9.09 Å². The summed E-state index contributed by atoms with van der Waals surface area (Å²) in [6.45, 7) is 1.62. The van der Waals surface area contributed by atoms with E-state index in [9.17, 15) is 4.57 Å². The maximum Gasteiger partial charge on any atom is 0.328 e. The third-order valence-corrected chi connectivity index (χ3v) is 4.40. The molecular weight excluding hydrogens is 263 g/mol. The van der Waals surface area contributed by atoms with Crippen LogP contribution in [0.15, 0.2) is 0 Å². The molecule has 0 aromatic rings. The molecule has 106 valence electrons. The Balaban J connectivity index is 2.21. The van der Waals surface area contributed by atoms with Gasteiger partial charge in [-0.2, -0.15) is 0 Å². The van der Waals surface area contributed by atoms with Crippen molar-refractivity contribution in [2.45, 2.75) is 30.7 Å². The van der Waals surface area contributed by atoms with Gasteiger partial charge in [-0.1, -0.05) is 0 Å². The minimum Gasteiger partial charge on any atom is -0.376 e. The van der Waals surface area contributed by atoms with Crippen LogP contribution in [0.5, 0.6) is 0 Å². The van der Waals surface area contributed by atoms with Gasteiger partial charge in [0, 0.05) is 28.0 Å². The van der Waals surface area contributed by atoms with Crippen LogP contribution in [-0.2, 0) is 32.6 Å². The first-order valence-corrected chi connectivity index (χ1v) is 7.65. The molecule has 2 saturated heterocycles. The predicted octanol–water partition coefficient (Wildman–Crippen LogP) is 0.626. The highest BCUT2D eigenvalue weighted by molar-refractivity contribution is 7.53. The van der Waals surface area contributed by atoms with E-state index in [0.717, 1.165) is 0 Å². The molecule has 0 bridgehead atoms. The molecule has 0 aromatic heterocycles. The Bertz CT molecular complexity index is 336. The van der Waals surface area contributed by atoms with E-state index in [2.05, 4.69) is 0 Å². The number of hydrogen-bond acceptors (Lipinski definition) is 7. The van der Waals surface area contributed by atoms with Crippen LogP contribution in [0.3, 0.4) is 0 Å². The molecule has 7 nitrogen and oxygen atoms in total. The SMILES string of the molecule is COC1OC2COP(C)(=O)OC2C(OC)C1OC. The van der Waals surface area contributed by atoms with Crippen molar-refractivity contribution in [3.63, 3.8) is 0 Å². The van der Waals surface area contributed by atoms with Crippen LogP contribution in [-0.4, -0.2) is 65.3 Å². The highest BCUT2D eigenvalue weighted by Gasteiger charge is 2.52. The molecule has 2 aliphatic heterocycles. The zero-order valence-corrected chi connectivity index (χ0v) is 11.8. The lowest BCUT2D eigenvalue weighted by molar-refractivity contribution is -0.304. The fourth-order valence-electron chi connectivity index (χ4n) is 2.31. The molecule has 8 heteroatoms. The lowest BCUT2D eigenvalue weighted by Crippen LogP contribution is -2.62. The Morgan fingerprint density at radius 1 is 1.11 bits per heavy atom. The largest absolute Gasteiger partial charge is 0.376 e. The third kappa shape index (κ3) is 2.63. The van der Waals surface area contributed by atoms with Gasteiger partial charge in [0.25, 0.3) is 0 Å². The molecule has 0 amide bonds. The second-order valence-corrected chi connectivity index (χ2v) is 6.33. The van der Waals surface area contributed by atoms with Gasteiger partial charge in [0.1, 0.15) is 24.4 Å². The molecule has 2 aliphatic rings. The van der Waals surface area contributed by atoms with Crippen LogP contribution in [0.25, 0.3) is 0 Å². The topological polar surface area (TPSA) is 72.5 Å². The zero-order chi connectivity index (χ0) is 13.3. The molecule has 0 aliphatic carbocycles. The minimum absolute atomic E-state index is 0.189. The van der Waals surface area contributed by atoms with Crippen LogP contribution in [0, 0.1) is 0 Å². The third-order valence-electron chi connectivity index (χ3n) is 3.15. The lowest BCUT2D eigenvalue weighted by atomic mass is 9.99. The van der Waals surface area contributed by atoms with E-state index in [1.54, 1.807) is 7.11 Å². The van der Waals surface area contributed by atoms with Gasteiger partial charge in [-0.25, -0.2) is 0 Å². The smallest absolute Gasteiger partial charge is 0.328 e. The predicted molar refractivity (Wildman–Crippen MR) is 61.6 cm³/mol. The number of rotatable bonds is 3. The summed E-state index contributed by atoms with van der Waals surface area (Å²) >= 11 is 0. The van der Waals surface area contributed by atoms with Gasteiger partial charge in [-0.05, 0) is 0 Å². The maximum atomic E-state index is 11.9. The van der Waals surface area contributed by atoms with E-state index < -0.39 is 32.2 Å². The molecule has 2 heterocycles. The van der Waals surface area contributed by atoms with Crippen molar-refractivity contribution in [2.75, 3.05) is 34.6 Å². The van der Waals surface area contributed by atoms with Crippen molar-refractivity contribution < 1.29 is 32.6 Å². The van der Waals surface area contributed by atoms with Gasteiger partial charge in [0.15, 0.2) is 6.29 Å². The molecule has 2 rings (SSSR count). The molecule has 6 unspecified atom stereocenters. The Morgan fingerprint density at radius 2 is 1.78 bits per heavy atom. The first-order chi connectivity index (χ1) is 8.52. The van der Waals surface area contributed by atoms with E-state index >= 15 is 0 Å². The summed E-state index contributed by atoms with van der Waals surface area (Å²) in [7, 11) is 1.56. The molecule has 6 atom stereocenters. The van der Waals surface area contributed by atoms with Gasteiger partial charge in [0.2, 0.25) is 0 Å². The number of fused-ring (bicyclic) bond motifs is 1. The highest BCUT2D eigenvalue weighted by Crippen LogP contribution is 2.51. The summed E-state index contributed by atoms with van der Waals surface area (Å²) in [6.07, 6.45) is -2.30. The van der Waals surface area contributed by atoms with Crippen LogP contribution in [0.2, 0.25) is 0 Å². The second kappa shape index (κ2) is 5.54. The van der Waals surface area contributed by atoms with Crippen molar-refractivity contribution in [1.29, 1.82) is 0 Å². The number of methoxy groups -OCH3 is 3. The Kier molecular flexibility index (Phi) is 4.44. The first kappa shape index (κ1) is 14.4. The van der Waals surface area contributed by atoms with Gasteiger partial charge >= 0.3 is 7.60 Å². The Labute approximate surface area is 106 Å². The molecule has 2 fully saturated rings. The van der Waals surface area contributed by atoms with Gasteiger partial charge < -0.3 is 23.5 Å². The molecule has 0 saturated carbocycles. The summed E-state index contributed by atoms with van der Waals surface area (Å²) in [4.78, 5) is 0. The molecule has 0 N–H and O–H groups in total. The fourth-order valence-corrected chi connectivity index (χ4v) is 3.48. The summed E-state index contributed by atoms with van der Waals surface area (Å²) < 4.78 is 44.1. The zero-order valence-electron chi connectivity index (χ0n) is 10.9. The van der Waals surface area contributed by atoms with E-state index in [1.165, 1.54) is 20.9 Å². The van der Waals surface area contributed by atoms with Crippen LogP contribution < -0.4 is 0 Å². The second-order valence-electron chi connectivity index (χ2n) is 4.32. The highest BCUT2D eigenvalue weighted by atomic mass is 31.2. The summed E-state index contributed by atoms with van der Waals surface area (Å²) in [5, 5.41) is 0. The summed E-state index contributed by atoms with van der Waals surface area (Å²) in [5.41, 5.74) is 0. The molecule has 0 spiro atoms. The first-order valence-electron chi connectivity index (χ1n) is 5.66. The van der Waals surface area contributed by atoms with Crippen molar-refractivity contribution >= 4 is 7.60 Å². The molecular formula is C10H19O7P. The van der Waals surface area contributed by atoms with Gasteiger partial charge in [0.05, 0.1) is 6.61 Å². The van der Waals surface area contributed by atoms with E-state index in [1.807, 2.05) is 0 Å². The van der Waals surface area contributed by atoms with Gasteiger partial charge in [-0.15, -0.1) is 0 Å². The average molecular weight is 282 g/mol. The van der Waals surface area contributed by atoms with Crippen molar-refractivity contribution in [3.05, 3.63) is 0 Å². The molecule has 0 radical (unpaired) electrons. The van der Waals surface area contributed by atoms with Crippen molar-refractivity contribution in [1.82, 2.24) is 0 Å². The standard InChI is InChI=1S/C10H19O7P/c1-12-8-7-6(5-15-18(4,11)17-7)16-10(14-3)9(8)13-2/h6-10H,5H2,1-4H3. The van der Waals surface area contributed by atoms with Crippen molar-refractivity contribution in [3.8, 4) is 0 Å². The summed E-state index contributed by atoms with van der Waals surface area (Å²) in [6, 6.07) is 0. The van der Waals surface area contributed by atoms with Crippen LogP contribution in [0.1, 0.15) is 0 Å². The quantitative estimate of drug-likeness (QED) is 0.703. The average Bonchev–Trinajstić information content (AvgIpc) is 2.35. The van der Waals surface area contributed by atoms with E-state index in [0.29, 0.717) is 0 Å². The number of ether oxygens (including phenoxy) is 4. The molecule has 0 aromatic carbocycles. The van der Waals surface area contributed by atoms with E-state index in [-0.39, 0.29) is 12.7 Å². The Morgan fingerprint density at radius 3 is 2.33 bits per heavy atom. The van der Waals surface area contributed by atoms with Crippen LogP contribution >= 0.6 is 7.60 Å².